The van der Waals surface area contributed by atoms with E-state index in [1.165, 1.54) is 6.07 Å². The maximum absolute atomic E-state index is 12.3. The summed E-state index contributed by atoms with van der Waals surface area (Å²) in [6.45, 7) is 2.21. The van der Waals surface area contributed by atoms with Crippen molar-refractivity contribution in [2.45, 2.75) is 13.5 Å². The molecule has 3 nitrogen and oxygen atoms in total. The summed E-state index contributed by atoms with van der Waals surface area (Å²) in [5, 5.41) is 10.1. The van der Waals surface area contributed by atoms with Gasteiger partial charge in [0.15, 0.2) is 0 Å². The highest BCUT2D eigenvalue weighted by Crippen LogP contribution is 2.20. The Morgan fingerprint density at radius 2 is 1.95 bits per heavy atom. The van der Waals surface area contributed by atoms with Gasteiger partial charge >= 0.3 is 0 Å². The molecule has 0 heterocycles. The Morgan fingerprint density at radius 3 is 2.60 bits per heavy atom. The molecule has 0 aliphatic carbocycles. The van der Waals surface area contributed by atoms with Gasteiger partial charge in [-0.3, -0.25) is 4.79 Å². The lowest BCUT2D eigenvalue weighted by molar-refractivity contribution is 0.0785. The molecule has 2 aromatic rings. The minimum absolute atomic E-state index is 0.104. The third-order valence-corrected chi connectivity index (χ3v) is 3.52. The fourth-order valence-electron chi connectivity index (χ4n) is 1.96. The van der Waals surface area contributed by atoms with Gasteiger partial charge in [-0.25, -0.2) is 0 Å². The van der Waals surface area contributed by atoms with E-state index in [1.807, 2.05) is 18.2 Å². The van der Waals surface area contributed by atoms with Crippen LogP contribution >= 0.6 is 11.6 Å². The molecular weight excluding hydrogens is 274 g/mol. The van der Waals surface area contributed by atoms with E-state index in [2.05, 4.69) is 0 Å². The molecule has 4 heteroatoms. The molecule has 0 unspecified atom stereocenters. The first kappa shape index (κ1) is 14.4. The summed E-state index contributed by atoms with van der Waals surface area (Å²) in [6, 6.07) is 12.3. The summed E-state index contributed by atoms with van der Waals surface area (Å²) in [5.74, 6) is 0.0864. The van der Waals surface area contributed by atoms with Crippen LogP contribution in [-0.4, -0.2) is 23.0 Å². The molecule has 0 spiro atoms. The molecule has 104 valence electrons. The van der Waals surface area contributed by atoms with E-state index in [0.717, 1.165) is 5.56 Å². The van der Waals surface area contributed by atoms with E-state index in [-0.39, 0.29) is 11.7 Å². The maximum atomic E-state index is 12.3. The van der Waals surface area contributed by atoms with Gasteiger partial charge in [0.1, 0.15) is 5.75 Å². The fraction of sp³-hybridized carbons (Fsp3) is 0.188. The first-order valence-corrected chi connectivity index (χ1v) is 6.65. The largest absolute Gasteiger partial charge is 0.508 e. The predicted molar refractivity (Wildman–Crippen MR) is 80.1 cm³/mol. The fourth-order valence-corrected chi connectivity index (χ4v) is 2.16. The molecule has 0 saturated carbocycles. The van der Waals surface area contributed by atoms with E-state index < -0.39 is 0 Å². The van der Waals surface area contributed by atoms with E-state index in [4.69, 9.17) is 11.6 Å². The number of phenols is 1. The van der Waals surface area contributed by atoms with Crippen LogP contribution in [0.2, 0.25) is 5.02 Å². The van der Waals surface area contributed by atoms with Crippen LogP contribution in [0.15, 0.2) is 42.5 Å². The van der Waals surface area contributed by atoms with Crippen molar-refractivity contribution < 1.29 is 9.90 Å². The van der Waals surface area contributed by atoms with Crippen LogP contribution in [-0.2, 0) is 6.54 Å². The number of phenolic OH excluding ortho intramolecular Hbond substituents is 1. The van der Waals surface area contributed by atoms with Crippen LogP contribution < -0.4 is 0 Å². The molecule has 2 rings (SSSR count). The van der Waals surface area contributed by atoms with Crippen LogP contribution in [0, 0.1) is 6.92 Å². The van der Waals surface area contributed by atoms with Crippen LogP contribution in [0.3, 0.4) is 0 Å². The quantitative estimate of drug-likeness (QED) is 0.937. The number of halogens is 1. The highest BCUT2D eigenvalue weighted by Gasteiger charge is 2.14. The van der Waals surface area contributed by atoms with Crippen molar-refractivity contribution in [2.75, 3.05) is 7.05 Å². The molecular formula is C16H16ClNO2. The molecule has 2 aromatic carbocycles. The summed E-state index contributed by atoms with van der Waals surface area (Å²) >= 11 is 6.09. The summed E-state index contributed by atoms with van der Waals surface area (Å²) in [6.07, 6.45) is 0. The average molecular weight is 290 g/mol. The number of aryl methyl sites for hydroxylation is 1. The summed E-state index contributed by atoms with van der Waals surface area (Å²) < 4.78 is 0. The number of amides is 1. The number of hydrogen-bond donors (Lipinski definition) is 1. The molecule has 1 amide bonds. The Kier molecular flexibility index (Phi) is 4.30. The van der Waals surface area contributed by atoms with Crippen molar-refractivity contribution in [1.29, 1.82) is 0 Å². The third kappa shape index (κ3) is 3.11. The van der Waals surface area contributed by atoms with Crippen molar-refractivity contribution in [3.63, 3.8) is 0 Å². The minimum atomic E-state index is -0.104. The Hall–Kier alpha value is -2.00. The zero-order valence-corrected chi connectivity index (χ0v) is 12.2. The summed E-state index contributed by atoms with van der Waals surface area (Å²) in [4.78, 5) is 13.9. The Labute approximate surface area is 123 Å². The van der Waals surface area contributed by atoms with Gasteiger partial charge < -0.3 is 10.0 Å². The second-order valence-electron chi connectivity index (χ2n) is 4.75. The first-order chi connectivity index (χ1) is 9.49. The van der Waals surface area contributed by atoms with Crippen molar-refractivity contribution >= 4 is 17.5 Å². The standard InChI is InChI=1S/C16H16ClNO2/c1-11-9-12(7-8-15(11)19)16(20)18(2)10-13-5-3-4-6-14(13)17/h3-9,19H,10H2,1-2H3. The lowest BCUT2D eigenvalue weighted by Crippen LogP contribution is -2.26. The van der Waals surface area contributed by atoms with Gasteiger partial charge in [0.05, 0.1) is 0 Å². The zero-order valence-electron chi connectivity index (χ0n) is 11.4. The number of carbonyl (C=O) groups is 1. The first-order valence-electron chi connectivity index (χ1n) is 6.27. The second-order valence-corrected chi connectivity index (χ2v) is 5.16. The summed E-state index contributed by atoms with van der Waals surface area (Å²) in [7, 11) is 1.73. The zero-order chi connectivity index (χ0) is 14.7. The minimum Gasteiger partial charge on any atom is -0.508 e. The van der Waals surface area contributed by atoms with Gasteiger partial charge in [-0.1, -0.05) is 29.8 Å². The van der Waals surface area contributed by atoms with Gasteiger partial charge in [-0.15, -0.1) is 0 Å². The van der Waals surface area contributed by atoms with Gasteiger partial charge in [-0.2, -0.15) is 0 Å². The van der Waals surface area contributed by atoms with Gasteiger partial charge in [0.2, 0.25) is 0 Å². The van der Waals surface area contributed by atoms with Gasteiger partial charge in [0, 0.05) is 24.2 Å². The van der Waals surface area contributed by atoms with E-state index in [1.54, 1.807) is 37.1 Å². The van der Waals surface area contributed by atoms with E-state index in [0.29, 0.717) is 22.7 Å². The Morgan fingerprint density at radius 1 is 1.25 bits per heavy atom. The normalized spacial score (nSPS) is 10.3. The lowest BCUT2D eigenvalue weighted by Gasteiger charge is -2.18. The van der Waals surface area contributed by atoms with E-state index in [9.17, 15) is 9.90 Å². The van der Waals surface area contributed by atoms with Gasteiger partial charge in [0.25, 0.3) is 5.91 Å². The number of aromatic hydroxyl groups is 1. The molecule has 0 aliphatic heterocycles. The summed E-state index contributed by atoms with van der Waals surface area (Å²) in [5.41, 5.74) is 2.14. The monoisotopic (exact) mass is 289 g/mol. The molecule has 0 atom stereocenters. The average Bonchev–Trinajstić information content (AvgIpc) is 2.43. The Balaban J connectivity index is 2.16. The number of rotatable bonds is 3. The SMILES string of the molecule is Cc1cc(C(=O)N(C)Cc2ccccc2Cl)ccc1O. The third-order valence-electron chi connectivity index (χ3n) is 3.16. The molecule has 0 aliphatic rings. The molecule has 0 aromatic heterocycles. The highest BCUT2D eigenvalue weighted by atomic mass is 35.5. The smallest absolute Gasteiger partial charge is 0.253 e. The molecule has 0 saturated heterocycles. The van der Waals surface area contributed by atoms with Crippen molar-refractivity contribution in [3.8, 4) is 5.75 Å². The molecule has 0 bridgehead atoms. The lowest BCUT2D eigenvalue weighted by atomic mass is 10.1. The highest BCUT2D eigenvalue weighted by molar-refractivity contribution is 6.31. The number of benzene rings is 2. The number of carbonyl (C=O) groups excluding carboxylic acids is 1. The number of hydrogen-bond acceptors (Lipinski definition) is 2. The van der Waals surface area contributed by atoms with Gasteiger partial charge in [-0.05, 0) is 42.3 Å². The predicted octanol–water partition coefficient (Wildman–Crippen LogP) is 3.63. The molecule has 1 N–H and O–H groups in total. The van der Waals surface area contributed by atoms with Crippen molar-refractivity contribution in [1.82, 2.24) is 4.90 Å². The van der Waals surface area contributed by atoms with Crippen molar-refractivity contribution in [2.24, 2.45) is 0 Å². The van der Waals surface area contributed by atoms with Crippen LogP contribution in [0.25, 0.3) is 0 Å². The van der Waals surface area contributed by atoms with Crippen LogP contribution in [0.4, 0.5) is 0 Å². The van der Waals surface area contributed by atoms with Crippen LogP contribution in [0.1, 0.15) is 21.5 Å². The van der Waals surface area contributed by atoms with Crippen LogP contribution in [0.5, 0.6) is 5.75 Å². The van der Waals surface area contributed by atoms with E-state index >= 15 is 0 Å². The topological polar surface area (TPSA) is 40.5 Å². The second kappa shape index (κ2) is 5.97. The Bertz CT molecular complexity index is 640. The number of nitrogens with zero attached hydrogens (tertiary/aromatic N) is 1. The molecule has 20 heavy (non-hydrogen) atoms. The maximum Gasteiger partial charge on any atom is 0.253 e. The van der Waals surface area contributed by atoms with Crippen molar-refractivity contribution in [3.05, 3.63) is 64.2 Å². The molecule has 0 fully saturated rings. The molecule has 0 radical (unpaired) electrons.